The first-order valence-corrected chi connectivity index (χ1v) is 13.2. The number of amides is 4. The minimum absolute atomic E-state index is 0.00205. The first kappa shape index (κ1) is 30.1. The number of carbonyl (C=O) groups excluding carboxylic acids is 4. The molecule has 0 saturated heterocycles. The van der Waals surface area contributed by atoms with Crippen molar-refractivity contribution in [2.24, 2.45) is 11.7 Å². The third-order valence-electron chi connectivity index (χ3n) is 6.42. The second kappa shape index (κ2) is 12.9. The van der Waals surface area contributed by atoms with Gasteiger partial charge >= 0.3 is 6.09 Å². The van der Waals surface area contributed by atoms with Crippen LogP contribution in [-0.4, -0.2) is 52.9 Å². The third-order valence-corrected chi connectivity index (χ3v) is 6.42. The Morgan fingerprint density at radius 1 is 1.19 bits per heavy atom. The minimum atomic E-state index is -1.08. The molecule has 0 heterocycles. The van der Waals surface area contributed by atoms with Crippen LogP contribution in [0.25, 0.3) is 0 Å². The molecular weight excluding hydrogens is 472 g/mol. The van der Waals surface area contributed by atoms with Crippen LogP contribution in [0.5, 0.6) is 0 Å². The maximum Gasteiger partial charge on any atom is 0.408 e. The highest BCUT2D eigenvalue weighted by atomic mass is 16.6. The van der Waals surface area contributed by atoms with Crippen LogP contribution >= 0.6 is 0 Å². The van der Waals surface area contributed by atoms with Gasteiger partial charge in [0.05, 0.1) is 0 Å². The van der Waals surface area contributed by atoms with E-state index in [2.05, 4.69) is 10.6 Å². The molecule has 1 aliphatic rings. The molecule has 1 saturated carbocycles. The predicted molar refractivity (Wildman–Crippen MR) is 143 cm³/mol. The molecule has 9 nitrogen and oxygen atoms in total. The summed E-state index contributed by atoms with van der Waals surface area (Å²) in [6, 6.07) is 3.68. The van der Waals surface area contributed by atoms with Gasteiger partial charge in [-0.1, -0.05) is 44.0 Å². The lowest BCUT2D eigenvalue weighted by atomic mass is 9.95. The van der Waals surface area contributed by atoms with Gasteiger partial charge in [0.15, 0.2) is 0 Å². The number of hydrogen-bond acceptors (Lipinski definition) is 5. The number of nitrogens with one attached hydrogen (secondary N) is 2. The number of unbranched alkanes of at least 4 members (excludes halogenated alkanes) is 1. The highest BCUT2D eigenvalue weighted by Gasteiger charge is 2.48. The van der Waals surface area contributed by atoms with Gasteiger partial charge in [-0.2, -0.15) is 0 Å². The molecule has 2 rings (SSSR count). The summed E-state index contributed by atoms with van der Waals surface area (Å²) >= 11 is 0. The molecule has 1 fully saturated rings. The Morgan fingerprint density at radius 2 is 1.84 bits per heavy atom. The largest absolute Gasteiger partial charge is 0.444 e. The number of alkyl carbamates (subject to hydrolysis) is 1. The second-order valence-electron chi connectivity index (χ2n) is 11.1. The van der Waals surface area contributed by atoms with E-state index in [1.807, 2.05) is 45.9 Å². The number of carbonyl (C=O) groups is 4. The molecule has 0 aliphatic heterocycles. The molecule has 0 spiro atoms. The van der Waals surface area contributed by atoms with Crippen LogP contribution in [0.2, 0.25) is 0 Å². The van der Waals surface area contributed by atoms with Crippen molar-refractivity contribution in [3.8, 4) is 0 Å². The first-order valence-electron chi connectivity index (χ1n) is 13.2. The van der Waals surface area contributed by atoms with E-state index in [1.165, 1.54) is 0 Å². The van der Waals surface area contributed by atoms with Gasteiger partial charge in [0, 0.05) is 19.0 Å². The molecule has 1 aromatic rings. The number of nitrogens with two attached hydrogens (primary N) is 1. The topological polar surface area (TPSA) is 131 Å². The van der Waals surface area contributed by atoms with Crippen LogP contribution in [0, 0.1) is 19.8 Å². The van der Waals surface area contributed by atoms with Crippen LogP contribution < -0.4 is 16.4 Å². The Morgan fingerprint density at radius 3 is 2.35 bits per heavy atom. The fourth-order valence-electron chi connectivity index (χ4n) is 4.38. The van der Waals surface area contributed by atoms with Crippen molar-refractivity contribution in [2.45, 2.75) is 104 Å². The Bertz CT molecular complexity index is 987. The van der Waals surface area contributed by atoms with E-state index >= 15 is 0 Å². The summed E-state index contributed by atoms with van der Waals surface area (Å²) in [6.07, 6.45) is 1.62. The van der Waals surface area contributed by atoms with Crippen molar-refractivity contribution in [3.05, 3.63) is 34.9 Å². The lowest BCUT2D eigenvalue weighted by Gasteiger charge is -2.35. The zero-order valence-corrected chi connectivity index (χ0v) is 23.3. The summed E-state index contributed by atoms with van der Waals surface area (Å²) in [5.41, 5.74) is 7.29. The predicted octanol–water partition coefficient (Wildman–Crippen LogP) is 3.66. The maximum absolute atomic E-state index is 14.1. The van der Waals surface area contributed by atoms with Gasteiger partial charge in [-0.15, -0.1) is 0 Å². The smallest absolute Gasteiger partial charge is 0.408 e. The average molecular weight is 517 g/mol. The Kier molecular flexibility index (Phi) is 10.5. The number of benzene rings is 1. The van der Waals surface area contributed by atoms with Gasteiger partial charge in [0.1, 0.15) is 17.7 Å². The Balaban J connectivity index is 2.50. The van der Waals surface area contributed by atoms with Gasteiger partial charge in [-0.3, -0.25) is 14.4 Å². The molecular formula is C28H44N4O5. The molecule has 1 aliphatic carbocycles. The highest BCUT2D eigenvalue weighted by Crippen LogP contribution is 2.41. The summed E-state index contributed by atoms with van der Waals surface area (Å²) in [5.74, 6) is -1.09. The number of hydrogen-bond donors (Lipinski definition) is 3. The van der Waals surface area contributed by atoms with E-state index in [-0.39, 0.29) is 30.7 Å². The van der Waals surface area contributed by atoms with Crippen molar-refractivity contribution in [1.82, 2.24) is 15.5 Å². The number of primary amides is 1. The first-order chi connectivity index (χ1) is 17.2. The molecule has 4 unspecified atom stereocenters. The van der Waals surface area contributed by atoms with E-state index in [9.17, 15) is 19.2 Å². The second-order valence-corrected chi connectivity index (χ2v) is 11.1. The van der Waals surface area contributed by atoms with Gasteiger partial charge in [-0.05, 0) is 70.9 Å². The lowest BCUT2D eigenvalue weighted by molar-refractivity contribution is -0.143. The molecule has 0 aromatic heterocycles. The summed E-state index contributed by atoms with van der Waals surface area (Å²) in [5, 5.41) is 5.63. The monoisotopic (exact) mass is 516 g/mol. The van der Waals surface area contributed by atoms with Gasteiger partial charge in [0.2, 0.25) is 17.7 Å². The van der Waals surface area contributed by atoms with Crippen molar-refractivity contribution >= 4 is 23.8 Å². The van der Waals surface area contributed by atoms with Crippen LogP contribution in [0.4, 0.5) is 4.79 Å². The molecule has 0 bridgehead atoms. The summed E-state index contributed by atoms with van der Waals surface area (Å²) in [6.45, 7) is 13.6. The molecule has 37 heavy (non-hydrogen) atoms. The van der Waals surface area contributed by atoms with E-state index in [1.54, 1.807) is 25.7 Å². The van der Waals surface area contributed by atoms with Gasteiger partial charge in [0.25, 0.3) is 0 Å². The van der Waals surface area contributed by atoms with E-state index in [0.29, 0.717) is 6.54 Å². The number of rotatable bonds is 12. The number of nitrogens with zero attached hydrogens (tertiary/aromatic N) is 1. The Hall–Kier alpha value is -3.10. The van der Waals surface area contributed by atoms with Crippen LogP contribution in [-0.2, 0) is 19.1 Å². The van der Waals surface area contributed by atoms with Crippen molar-refractivity contribution in [2.75, 3.05) is 6.54 Å². The van der Waals surface area contributed by atoms with Crippen LogP contribution in [0.15, 0.2) is 18.2 Å². The molecule has 206 valence electrons. The van der Waals surface area contributed by atoms with Gasteiger partial charge < -0.3 is 26.0 Å². The highest BCUT2D eigenvalue weighted by molar-refractivity contribution is 5.93. The van der Waals surface area contributed by atoms with Crippen molar-refractivity contribution < 1.29 is 23.9 Å². The quantitative estimate of drug-likeness (QED) is 0.365. The molecule has 4 amide bonds. The molecule has 4 atom stereocenters. The molecule has 4 N–H and O–H groups in total. The lowest BCUT2D eigenvalue weighted by Crippen LogP contribution is -2.54. The maximum atomic E-state index is 14.1. The van der Waals surface area contributed by atoms with Crippen molar-refractivity contribution in [3.63, 3.8) is 0 Å². The van der Waals surface area contributed by atoms with E-state index in [4.69, 9.17) is 10.5 Å². The zero-order valence-electron chi connectivity index (χ0n) is 23.3. The SMILES string of the molecule is CCCCNC(=O)C(c1ccc(C)cc1C)N(C(=O)C(CCC(N)=O)NC(=O)OC(C)(C)C)C1CC1C. The summed E-state index contributed by atoms with van der Waals surface area (Å²) in [7, 11) is 0. The number of ether oxygens (including phenoxy) is 1. The fourth-order valence-corrected chi connectivity index (χ4v) is 4.38. The Labute approximate surface area is 220 Å². The van der Waals surface area contributed by atoms with Crippen molar-refractivity contribution in [1.29, 1.82) is 0 Å². The van der Waals surface area contributed by atoms with Gasteiger partial charge in [-0.25, -0.2) is 4.79 Å². The normalized spacial score (nSPS) is 18.4. The summed E-state index contributed by atoms with van der Waals surface area (Å²) in [4.78, 5) is 53.6. The molecule has 1 aromatic carbocycles. The fraction of sp³-hybridized carbons (Fsp3) is 0.643. The van der Waals surface area contributed by atoms with Crippen LogP contribution in [0.1, 0.15) is 89.5 Å². The average Bonchev–Trinajstić information content (AvgIpc) is 3.49. The van der Waals surface area contributed by atoms with E-state index in [0.717, 1.165) is 36.0 Å². The molecule has 9 heteroatoms. The van der Waals surface area contributed by atoms with Crippen LogP contribution in [0.3, 0.4) is 0 Å². The summed E-state index contributed by atoms with van der Waals surface area (Å²) < 4.78 is 5.38. The van der Waals surface area contributed by atoms with E-state index < -0.39 is 35.6 Å². The molecule has 0 radical (unpaired) electrons. The minimum Gasteiger partial charge on any atom is -0.444 e. The number of aryl methyl sites for hydroxylation is 2. The zero-order chi connectivity index (χ0) is 27.9. The standard InChI is InChI=1S/C28H44N4O5/c1-8-9-14-30-25(34)24(20-11-10-17(2)15-18(20)3)32(22-16-19(22)4)26(35)21(12-13-23(29)33)31-27(36)37-28(5,6)7/h10-11,15,19,21-22,24H,8-9,12-14,16H2,1-7H3,(H2,29,33)(H,30,34)(H,31,36). The third kappa shape index (κ3) is 9.05.